The molecular weight excluding hydrogens is 260 g/mol. The van der Waals surface area contributed by atoms with Crippen molar-refractivity contribution in [3.63, 3.8) is 0 Å². The Balaban J connectivity index is 3.68. The van der Waals surface area contributed by atoms with Crippen LogP contribution in [0.5, 0.6) is 0 Å². The quantitative estimate of drug-likeness (QED) is 0.537. The van der Waals surface area contributed by atoms with Crippen LogP contribution in [0, 0.1) is 0 Å². The van der Waals surface area contributed by atoms with E-state index in [0.29, 0.717) is 12.8 Å². The minimum Gasteiger partial charge on any atom is -0.481 e. The number of carbonyl (C=O) groups excluding carboxylic acids is 2. The van der Waals surface area contributed by atoms with Crippen LogP contribution < -0.4 is 10.6 Å². The van der Waals surface area contributed by atoms with Crippen molar-refractivity contribution in [1.29, 1.82) is 0 Å². The van der Waals surface area contributed by atoms with Gasteiger partial charge in [-0.2, -0.15) is 0 Å². The second kappa shape index (κ2) is 11.3. The summed E-state index contributed by atoms with van der Waals surface area (Å²) in [5.74, 6) is -1.24. The summed E-state index contributed by atoms with van der Waals surface area (Å²) in [7, 11) is 0. The average molecular weight is 286 g/mol. The highest BCUT2D eigenvalue weighted by atomic mass is 16.4. The summed E-state index contributed by atoms with van der Waals surface area (Å²) in [6, 6.07) is -0.432. The molecule has 1 unspecified atom stereocenters. The number of aliphatic carboxylic acids is 1. The molecule has 0 bridgehead atoms. The molecule has 0 saturated heterocycles. The van der Waals surface area contributed by atoms with Crippen molar-refractivity contribution in [2.75, 3.05) is 0 Å². The van der Waals surface area contributed by atoms with Gasteiger partial charge in [0.05, 0.1) is 0 Å². The van der Waals surface area contributed by atoms with E-state index in [9.17, 15) is 14.4 Å². The van der Waals surface area contributed by atoms with Crippen molar-refractivity contribution < 1.29 is 19.5 Å². The number of rotatable bonds is 10. The Morgan fingerprint density at radius 1 is 1.05 bits per heavy atom. The van der Waals surface area contributed by atoms with Crippen LogP contribution in [0.25, 0.3) is 0 Å². The fourth-order valence-electron chi connectivity index (χ4n) is 1.78. The Hall–Kier alpha value is -1.59. The van der Waals surface area contributed by atoms with Gasteiger partial charge in [0, 0.05) is 18.9 Å². The molecule has 0 fully saturated rings. The van der Waals surface area contributed by atoms with Crippen LogP contribution in [-0.2, 0) is 9.59 Å². The number of imide groups is 1. The topological polar surface area (TPSA) is 95.5 Å². The molecule has 6 nitrogen and oxygen atoms in total. The Morgan fingerprint density at radius 3 is 2.30 bits per heavy atom. The Morgan fingerprint density at radius 2 is 1.70 bits per heavy atom. The molecule has 6 heteroatoms. The van der Waals surface area contributed by atoms with E-state index in [2.05, 4.69) is 17.6 Å². The van der Waals surface area contributed by atoms with Gasteiger partial charge in [-0.3, -0.25) is 14.9 Å². The first-order valence-electron chi connectivity index (χ1n) is 7.27. The standard InChI is InChI=1S/C14H26N2O4/c1-3-4-5-8-11(2)15-14(20)16-12(17)9-6-7-10-13(18)19/h11H,3-10H2,1-2H3,(H,18,19)(H2,15,16,17,20). The summed E-state index contributed by atoms with van der Waals surface area (Å²) < 4.78 is 0. The number of nitrogens with one attached hydrogen (secondary N) is 2. The van der Waals surface area contributed by atoms with Crippen molar-refractivity contribution >= 4 is 17.9 Å². The Bertz CT molecular complexity index is 318. The zero-order chi connectivity index (χ0) is 15.4. The predicted molar refractivity (Wildman–Crippen MR) is 76.4 cm³/mol. The highest BCUT2D eigenvalue weighted by Crippen LogP contribution is 2.03. The number of hydrogen-bond donors (Lipinski definition) is 3. The van der Waals surface area contributed by atoms with Gasteiger partial charge in [-0.1, -0.05) is 26.2 Å². The summed E-state index contributed by atoms with van der Waals surface area (Å²) in [5.41, 5.74) is 0. The summed E-state index contributed by atoms with van der Waals surface area (Å²) in [6.45, 7) is 4.03. The molecule has 20 heavy (non-hydrogen) atoms. The molecule has 116 valence electrons. The number of carbonyl (C=O) groups is 3. The SMILES string of the molecule is CCCCCC(C)NC(=O)NC(=O)CCCCC(=O)O. The van der Waals surface area contributed by atoms with E-state index >= 15 is 0 Å². The van der Waals surface area contributed by atoms with Crippen LogP contribution in [0.2, 0.25) is 0 Å². The number of carboxylic acid groups (broad SMARTS) is 1. The summed E-state index contributed by atoms with van der Waals surface area (Å²) in [6.07, 6.45) is 5.35. The third kappa shape index (κ3) is 11.5. The highest BCUT2D eigenvalue weighted by molar-refractivity contribution is 5.94. The molecular formula is C14H26N2O4. The van der Waals surface area contributed by atoms with Crippen molar-refractivity contribution in [1.82, 2.24) is 10.6 Å². The van der Waals surface area contributed by atoms with Gasteiger partial charge in [-0.05, 0) is 26.2 Å². The molecule has 0 radical (unpaired) electrons. The van der Waals surface area contributed by atoms with Gasteiger partial charge < -0.3 is 10.4 Å². The first-order valence-corrected chi connectivity index (χ1v) is 7.27. The fraction of sp³-hybridized carbons (Fsp3) is 0.786. The minimum atomic E-state index is -0.871. The van der Waals surface area contributed by atoms with Gasteiger partial charge in [0.15, 0.2) is 0 Å². The first kappa shape index (κ1) is 18.4. The fourth-order valence-corrected chi connectivity index (χ4v) is 1.78. The molecule has 3 amide bonds. The van der Waals surface area contributed by atoms with E-state index in [4.69, 9.17) is 5.11 Å². The van der Waals surface area contributed by atoms with Crippen molar-refractivity contribution in [3.05, 3.63) is 0 Å². The monoisotopic (exact) mass is 286 g/mol. The molecule has 0 aliphatic heterocycles. The Labute approximate surface area is 120 Å². The number of amides is 3. The van der Waals surface area contributed by atoms with Crippen molar-refractivity contribution in [2.45, 2.75) is 71.3 Å². The second-order valence-corrected chi connectivity index (χ2v) is 5.02. The molecule has 0 aliphatic rings. The highest BCUT2D eigenvalue weighted by Gasteiger charge is 2.10. The molecule has 0 aromatic rings. The molecule has 3 N–H and O–H groups in total. The summed E-state index contributed by atoms with van der Waals surface area (Å²) in [5, 5.41) is 13.4. The summed E-state index contributed by atoms with van der Waals surface area (Å²) in [4.78, 5) is 33.2. The Kier molecular flexibility index (Phi) is 10.4. The third-order valence-corrected chi connectivity index (χ3v) is 2.92. The zero-order valence-corrected chi connectivity index (χ0v) is 12.4. The van der Waals surface area contributed by atoms with E-state index in [1.54, 1.807) is 0 Å². The zero-order valence-electron chi connectivity index (χ0n) is 12.4. The molecule has 0 aromatic carbocycles. The van der Waals surface area contributed by atoms with Gasteiger partial charge in [-0.25, -0.2) is 4.79 Å². The smallest absolute Gasteiger partial charge is 0.321 e. The number of carboxylic acids is 1. The van der Waals surface area contributed by atoms with Crippen LogP contribution in [0.15, 0.2) is 0 Å². The third-order valence-electron chi connectivity index (χ3n) is 2.92. The van der Waals surface area contributed by atoms with E-state index in [-0.39, 0.29) is 24.8 Å². The second-order valence-electron chi connectivity index (χ2n) is 5.02. The van der Waals surface area contributed by atoms with Gasteiger partial charge in [0.1, 0.15) is 0 Å². The molecule has 0 heterocycles. The average Bonchev–Trinajstić information content (AvgIpc) is 2.34. The van der Waals surface area contributed by atoms with Crippen molar-refractivity contribution in [3.8, 4) is 0 Å². The van der Waals surface area contributed by atoms with Gasteiger partial charge in [0.25, 0.3) is 0 Å². The molecule has 1 atom stereocenters. The molecule has 0 rings (SSSR count). The van der Waals surface area contributed by atoms with Crippen LogP contribution in [0.4, 0.5) is 4.79 Å². The van der Waals surface area contributed by atoms with E-state index in [1.165, 1.54) is 0 Å². The minimum absolute atomic E-state index is 0.0429. The predicted octanol–water partition coefficient (Wildman–Crippen LogP) is 2.43. The van der Waals surface area contributed by atoms with Gasteiger partial charge in [-0.15, -0.1) is 0 Å². The maximum Gasteiger partial charge on any atom is 0.321 e. The largest absolute Gasteiger partial charge is 0.481 e. The first-order chi connectivity index (χ1) is 9.45. The van der Waals surface area contributed by atoms with Crippen LogP contribution in [0.1, 0.15) is 65.2 Å². The molecule has 0 saturated carbocycles. The van der Waals surface area contributed by atoms with Gasteiger partial charge >= 0.3 is 12.0 Å². The maximum absolute atomic E-state index is 11.5. The van der Waals surface area contributed by atoms with Crippen LogP contribution >= 0.6 is 0 Å². The molecule has 0 aliphatic carbocycles. The van der Waals surface area contributed by atoms with Crippen molar-refractivity contribution in [2.24, 2.45) is 0 Å². The molecule has 0 spiro atoms. The number of hydrogen-bond acceptors (Lipinski definition) is 3. The lowest BCUT2D eigenvalue weighted by molar-refractivity contribution is -0.137. The normalized spacial score (nSPS) is 11.7. The van der Waals surface area contributed by atoms with E-state index in [0.717, 1.165) is 25.7 Å². The summed E-state index contributed by atoms with van der Waals surface area (Å²) >= 11 is 0. The van der Waals surface area contributed by atoms with Crippen LogP contribution in [-0.4, -0.2) is 29.1 Å². The lowest BCUT2D eigenvalue weighted by atomic mass is 10.1. The van der Waals surface area contributed by atoms with E-state index < -0.39 is 12.0 Å². The lowest BCUT2D eigenvalue weighted by Crippen LogP contribution is -2.43. The van der Waals surface area contributed by atoms with E-state index in [1.807, 2.05) is 6.92 Å². The lowest BCUT2D eigenvalue weighted by Gasteiger charge is -2.13. The number of unbranched alkanes of at least 4 members (excludes halogenated alkanes) is 3. The molecule has 0 aromatic heterocycles. The number of urea groups is 1. The van der Waals surface area contributed by atoms with Crippen LogP contribution in [0.3, 0.4) is 0 Å². The van der Waals surface area contributed by atoms with Gasteiger partial charge in [0.2, 0.25) is 5.91 Å². The maximum atomic E-state index is 11.5.